The average Bonchev–Trinajstić information content (AvgIpc) is 2.48. The summed E-state index contributed by atoms with van der Waals surface area (Å²) in [6.45, 7) is 2.69. The van der Waals surface area contributed by atoms with Crippen LogP contribution in [0.25, 0.3) is 0 Å². The van der Waals surface area contributed by atoms with E-state index in [2.05, 4.69) is 27.6 Å². The molecule has 1 aromatic heterocycles. The molecule has 5 heteroatoms. The Balaban J connectivity index is 1.56. The minimum absolute atomic E-state index is 0.0486. The summed E-state index contributed by atoms with van der Waals surface area (Å²) in [5, 5.41) is 10.8. The van der Waals surface area contributed by atoms with Crippen LogP contribution < -0.4 is 5.32 Å². The van der Waals surface area contributed by atoms with Crippen LogP contribution >= 0.6 is 0 Å². The summed E-state index contributed by atoms with van der Waals surface area (Å²) in [5.41, 5.74) is 2.99. The summed E-state index contributed by atoms with van der Waals surface area (Å²) in [6.07, 6.45) is 5.30. The van der Waals surface area contributed by atoms with Crippen molar-refractivity contribution in [3.05, 3.63) is 53.9 Å². The molecule has 1 saturated heterocycles. The molecule has 0 bridgehead atoms. The first-order valence-corrected chi connectivity index (χ1v) is 8.10. The highest BCUT2D eigenvalue weighted by molar-refractivity contribution is 5.91. The molecule has 1 saturated carbocycles. The molecular formula is C18H20N4O. The minimum Gasteiger partial charge on any atom is -0.316 e. The molecular weight excluding hydrogens is 288 g/mol. The Morgan fingerprint density at radius 2 is 2.04 bits per heavy atom. The van der Waals surface area contributed by atoms with Gasteiger partial charge in [-0.15, -0.1) is 0 Å². The Kier molecular flexibility index (Phi) is 3.29. The van der Waals surface area contributed by atoms with Crippen molar-refractivity contribution in [2.45, 2.75) is 32.2 Å². The molecule has 0 radical (unpaired) electrons. The predicted molar refractivity (Wildman–Crippen MR) is 88.0 cm³/mol. The summed E-state index contributed by atoms with van der Waals surface area (Å²) in [5.74, 6) is 0. The van der Waals surface area contributed by atoms with E-state index in [0.717, 1.165) is 17.9 Å². The normalized spacial score (nSPS) is 21.4. The molecule has 2 fully saturated rings. The second-order valence-electron chi connectivity index (χ2n) is 6.62. The lowest BCUT2D eigenvalue weighted by molar-refractivity contribution is -0.0970. The highest BCUT2D eigenvalue weighted by Gasteiger charge is 2.57. The van der Waals surface area contributed by atoms with E-state index in [1.54, 1.807) is 12.3 Å². The number of carbonyl (C=O) groups excluding carboxylic acids is 1. The van der Waals surface area contributed by atoms with E-state index in [-0.39, 0.29) is 12.1 Å². The molecule has 1 N–H and O–H groups in total. The van der Waals surface area contributed by atoms with E-state index < -0.39 is 0 Å². The number of hydrogen-bond acceptors (Lipinski definition) is 3. The molecule has 1 aliphatic carbocycles. The van der Waals surface area contributed by atoms with Gasteiger partial charge in [-0.3, -0.25) is 0 Å². The Morgan fingerprint density at radius 3 is 2.70 bits per heavy atom. The Morgan fingerprint density at radius 1 is 1.26 bits per heavy atom. The quantitative estimate of drug-likeness (QED) is 0.923. The van der Waals surface area contributed by atoms with Gasteiger partial charge in [0.1, 0.15) is 0 Å². The van der Waals surface area contributed by atoms with Crippen LogP contribution in [-0.4, -0.2) is 27.7 Å². The van der Waals surface area contributed by atoms with E-state index in [0.29, 0.717) is 5.41 Å². The van der Waals surface area contributed by atoms with Gasteiger partial charge in [0.2, 0.25) is 0 Å². The SMILES string of the molecule is Cc1nnccc1NC(=O)N1CC2(CCC2)C1c1ccccc1. The molecule has 5 nitrogen and oxygen atoms in total. The zero-order valence-electron chi connectivity index (χ0n) is 13.2. The van der Waals surface area contributed by atoms with Crippen LogP contribution in [0.1, 0.15) is 36.6 Å². The van der Waals surface area contributed by atoms with E-state index in [1.807, 2.05) is 30.0 Å². The molecule has 1 spiro atoms. The fourth-order valence-corrected chi connectivity index (χ4v) is 3.88. The zero-order valence-corrected chi connectivity index (χ0v) is 13.2. The van der Waals surface area contributed by atoms with Gasteiger partial charge in [-0.25, -0.2) is 4.79 Å². The Labute approximate surface area is 135 Å². The number of anilines is 1. The van der Waals surface area contributed by atoms with Gasteiger partial charge < -0.3 is 10.2 Å². The fourth-order valence-electron chi connectivity index (χ4n) is 3.88. The number of nitrogens with one attached hydrogen (secondary N) is 1. The monoisotopic (exact) mass is 308 g/mol. The first kappa shape index (κ1) is 14.2. The Hall–Kier alpha value is -2.43. The number of benzene rings is 1. The van der Waals surface area contributed by atoms with Gasteiger partial charge in [0.15, 0.2) is 0 Å². The predicted octanol–water partition coefficient (Wildman–Crippen LogP) is 3.54. The molecule has 118 valence electrons. The summed E-state index contributed by atoms with van der Waals surface area (Å²) in [6, 6.07) is 12.3. The van der Waals surface area contributed by atoms with Gasteiger partial charge in [-0.05, 0) is 31.4 Å². The Bertz CT molecular complexity index is 727. The first-order valence-electron chi connectivity index (χ1n) is 8.10. The number of aryl methyl sites for hydroxylation is 1. The largest absolute Gasteiger partial charge is 0.322 e. The maximum absolute atomic E-state index is 12.7. The molecule has 1 aromatic carbocycles. The zero-order chi connectivity index (χ0) is 15.9. The summed E-state index contributed by atoms with van der Waals surface area (Å²) >= 11 is 0. The maximum atomic E-state index is 12.7. The lowest BCUT2D eigenvalue weighted by atomic mass is 9.56. The van der Waals surface area contributed by atoms with Crippen LogP contribution in [0.3, 0.4) is 0 Å². The van der Waals surface area contributed by atoms with E-state index in [4.69, 9.17) is 0 Å². The van der Waals surface area contributed by atoms with Crippen LogP contribution in [0.2, 0.25) is 0 Å². The topological polar surface area (TPSA) is 58.1 Å². The summed E-state index contributed by atoms with van der Waals surface area (Å²) in [7, 11) is 0. The lowest BCUT2D eigenvalue weighted by Crippen LogP contribution is -2.64. The van der Waals surface area contributed by atoms with Crippen LogP contribution in [0, 0.1) is 12.3 Å². The number of amides is 2. The van der Waals surface area contributed by atoms with Crippen LogP contribution in [-0.2, 0) is 0 Å². The molecule has 2 heterocycles. The standard InChI is InChI=1S/C18H20N4O/c1-13-15(8-11-19-21-13)20-17(23)22-12-18(9-5-10-18)16(22)14-6-3-2-4-7-14/h2-4,6-8,11,16H,5,9-10,12H2,1H3,(H,19,20,23). The number of nitrogens with zero attached hydrogens (tertiary/aromatic N) is 3. The second kappa shape index (κ2) is 5.33. The molecule has 2 aromatic rings. The number of carbonyl (C=O) groups is 1. The van der Waals surface area contributed by atoms with Gasteiger partial charge >= 0.3 is 6.03 Å². The van der Waals surface area contributed by atoms with Gasteiger partial charge in [-0.1, -0.05) is 36.8 Å². The van der Waals surface area contributed by atoms with Crippen molar-refractivity contribution in [2.75, 3.05) is 11.9 Å². The van der Waals surface area contributed by atoms with Gasteiger partial charge in [0.25, 0.3) is 0 Å². The van der Waals surface area contributed by atoms with Crippen molar-refractivity contribution in [1.82, 2.24) is 15.1 Å². The van der Waals surface area contributed by atoms with Crippen molar-refractivity contribution >= 4 is 11.7 Å². The van der Waals surface area contributed by atoms with Crippen molar-refractivity contribution in [1.29, 1.82) is 0 Å². The highest BCUT2D eigenvalue weighted by atomic mass is 16.2. The number of likely N-dealkylation sites (tertiary alicyclic amines) is 1. The van der Waals surface area contributed by atoms with E-state index in [9.17, 15) is 4.79 Å². The third-order valence-electron chi connectivity index (χ3n) is 5.25. The second-order valence-corrected chi connectivity index (χ2v) is 6.62. The van der Waals surface area contributed by atoms with Crippen molar-refractivity contribution in [2.24, 2.45) is 5.41 Å². The van der Waals surface area contributed by atoms with Gasteiger partial charge in [0.05, 0.1) is 23.6 Å². The molecule has 2 aliphatic rings. The van der Waals surface area contributed by atoms with E-state index in [1.165, 1.54) is 24.8 Å². The number of aromatic nitrogens is 2. The highest BCUT2D eigenvalue weighted by Crippen LogP contribution is 2.60. The minimum atomic E-state index is -0.0486. The number of urea groups is 1. The number of rotatable bonds is 2. The van der Waals surface area contributed by atoms with Crippen LogP contribution in [0.5, 0.6) is 0 Å². The molecule has 1 unspecified atom stereocenters. The van der Waals surface area contributed by atoms with Gasteiger partial charge in [-0.2, -0.15) is 10.2 Å². The fraction of sp³-hybridized carbons (Fsp3) is 0.389. The molecule has 4 rings (SSSR count). The smallest absolute Gasteiger partial charge is 0.316 e. The first-order chi connectivity index (χ1) is 11.2. The van der Waals surface area contributed by atoms with Crippen molar-refractivity contribution in [3.8, 4) is 0 Å². The number of hydrogen-bond donors (Lipinski definition) is 1. The lowest BCUT2D eigenvalue weighted by Gasteiger charge is -2.62. The third-order valence-corrected chi connectivity index (χ3v) is 5.25. The molecule has 1 aliphatic heterocycles. The van der Waals surface area contributed by atoms with Crippen LogP contribution in [0.15, 0.2) is 42.6 Å². The molecule has 1 atom stereocenters. The molecule has 2 amide bonds. The van der Waals surface area contributed by atoms with E-state index >= 15 is 0 Å². The third kappa shape index (κ3) is 2.27. The van der Waals surface area contributed by atoms with Crippen molar-refractivity contribution in [3.63, 3.8) is 0 Å². The average molecular weight is 308 g/mol. The summed E-state index contributed by atoms with van der Waals surface area (Å²) < 4.78 is 0. The van der Waals surface area contributed by atoms with Gasteiger partial charge in [0, 0.05) is 12.0 Å². The van der Waals surface area contributed by atoms with Crippen molar-refractivity contribution < 1.29 is 4.79 Å². The maximum Gasteiger partial charge on any atom is 0.322 e. The van der Waals surface area contributed by atoms with Crippen LogP contribution in [0.4, 0.5) is 10.5 Å². The summed E-state index contributed by atoms with van der Waals surface area (Å²) in [4.78, 5) is 14.7. The molecule has 23 heavy (non-hydrogen) atoms.